The number of hydrogen-bond acceptors (Lipinski definition) is 3. The quantitative estimate of drug-likeness (QED) is 0.447. The number of phenolic OH excluding ortho intramolecular Hbond substituents is 1. The summed E-state index contributed by atoms with van der Waals surface area (Å²) in [6, 6.07) is 4.21. The van der Waals surface area contributed by atoms with Crippen molar-refractivity contribution in [1.82, 2.24) is 4.98 Å². The van der Waals surface area contributed by atoms with E-state index in [4.69, 9.17) is 9.47 Å². The Balaban J connectivity index is 1.66. The number of aromatic amines is 1. The molecule has 0 saturated heterocycles. The van der Waals surface area contributed by atoms with Gasteiger partial charge in [0.15, 0.2) is 11.5 Å². The molecule has 1 aromatic heterocycles. The standard InChI is InChI=1S/C29H35NO3/c1-15(2)29-11-10-28(6,21(29)14-29)22-24-19(13-20(32-7)25(22)31)18-12-16(3)26-17(23(18)30-24)8-9-27(4,5)33-26/h8-9,12-13,15,21,30-31H,10-11,14H2,1-7H3/t21-,28+,29-/m0/s1. The molecule has 2 heterocycles. The fourth-order valence-electron chi connectivity index (χ4n) is 7.22. The van der Waals surface area contributed by atoms with Gasteiger partial charge in [-0.05, 0) is 87.1 Å². The van der Waals surface area contributed by atoms with E-state index in [1.807, 2.05) is 6.07 Å². The molecule has 0 amide bonds. The van der Waals surface area contributed by atoms with Crippen molar-refractivity contribution in [2.75, 3.05) is 7.11 Å². The van der Waals surface area contributed by atoms with Crippen molar-refractivity contribution in [3.05, 3.63) is 34.9 Å². The molecule has 4 nitrogen and oxygen atoms in total. The van der Waals surface area contributed by atoms with Crippen LogP contribution in [0.15, 0.2) is 18.2 Å². The molecule has 2 saturated carbocycles. The number of methoxy groups -OCH3 is 1. The average molecular weight is 446 g/mol. The Hall–Kier alpha value is -2.62. The first kappa shape index (κ1) is 20.9. The molecule has 0 radical (unpaired) electrons. The predicted octanol–water partition coefficient (Wildman–Crippen LogP) is 7.24. The number of H-pyrrole nitrogens is 1. The highest BCUT2D eigenvalue weighted by molar-refractivity contribution is 6.13. The number of nitrogens with one attached hydrogen (secondary N) is 1. The first-order valence-electron chi connectivity index (χ1n) is 12.3. The number of rotatable bonds is 3. The lowest BCUT2D eigenvalue weighted by Crippen LogP contribution is -2.28. The van der Waals surface area contributed by atoms with Gasteiger partial charge in [-0.3, -0.25) is 0 Å². The Kier molecular flexibility index (Phi) is 3.99. The monoisotopic (exact) mass is 445 g/mol. The molecule has 2 N–H and O–H groups in total. The third-order valence-electron chi connectivity index (χ3n) is 9.26. The van der Waals surface area contributed by atoms with Crippen LogP contribution in [0.2, 0.25) is 0 Å². The van der Waals surface area contributed by atoms with Crippen molar-refractivity contribution < 1.29 is 14.6 Å². The summed E-state index contributed by atoms with van der Waals surface area (Å²) in [7, 11) is 1.65. The molecule has 0 spiro atoms. The number of aromatic nitrogens is 1. The second-order valence-electron chi connectivity index (χ2n) is 11.8. The highest BCUT2D eigenvalue weighted by atomic mass is 16.5. The van der Waals surface area contributed by atoms with Crippen molar-refractivity contribution in [2.24, 2.45) is 17.3 Å². The summed E-state index contributed by atoms with van der Waals surface area (Å²) in [5.41, 5.74) is 5.37. The number of aryl methyl sites for hydroxylation is 1. The molecule has 2 fully saturated rings. The van der Waals surface area contributed by atoms with Crippen LogP contribution in [0.1, 0.15) is 70.6 Å². The third-order valence-corrected chi connectivity index (χ3v) is 9.26. The summed E-state index contributed by atoms with van der Waals surface area (Å²) in [6.07, 6.45) is 7.87. The molecule has 4 heteroatoms. The van der Waals surface area contributed by atoms with Crippen LogP contribution in [-0.4, -0.2) is 22.8 Å². The van der Waals surface area contributed by atoms with Crippen molar-refractivity contribution in [1.29, 1.82) is 0 Å². The molecule has 1 aliphatic heterocycles. The number of hydrogen-bond donors (Lipinski definition) is 2. The van der Waals surface area contributed by atoms with Crippen LogP contribution in [-0.2, 0) is 5.41 Å². The van der Waals surface area contributed by atoms with E-state index in [0.717, 1.165) is 50.7 Å². The Morgan fingerprint density at radius 3 is 2.48 bits per heavy atom. The van der Waals surface area contributed by atoms with E-state index < -0.39 is 0 Å². The van der Waals surface area contributed by atoms with E-state index in [1.54, 1.807) is 7.11 Å². The van der Waals surface area contributed by atoms with E-state index in [9.17, 15) is 5.11 Å². The van der Waals surface area contributed by atoms with Gasteiger partial charge in [-0.25, -0.2) is 0 Å². The molecule has 0 unspecified atom stereocenters. The second kappa shape index (κ2) is 6.28. The van der Waals surface area contributed by atoms with E-state index >= 15 is 0 Å². The van der Waals surface area contributed by atoms with E-state index in [1.165, 1.54) is 12.8 Å². The topological polar surface area (TPSA) is 54.5 Å². The van der Waals surface area contributed by atoms with Crippen LogP contribution < -0.4 is 9.47 Å². The van der Waals surface area contributed by atoms with Crippen molar-refractivity contribution in [2.45, 2.75) is 71.8 Å². The maximum atomic E-state index is 11.5. The zero-order valence-corrected chi connectivity index (χ0v) is 20.8. The first-order valence-corrected chi connectivity index (χ1v) is 12.3. The summed E-state index contributed by atoms with van der Waals surface area (Å²) in [6.45, 7) is 13.4. The van der Waals surface area contributed by atoms with E-state index in [-0.39, 0.29) is 11.0 Å². The van der Waals surface area contributed by atoms with Gasteiger partial charge in [0.05, 0.1) is 18.1 Å². The Morgan fingerprint density at radius 1 is 1.12 bits per heavy atom. The van der Waals surface area contributed by atoms with Crippen LogP contribution >= 0.6 is 0 Å². The molecule has 3 atom stereocenters. The van der Waals surface area contributed by atoms with Gasteiger partial charge >= 0.3 is 0 Å². The highest BCUT2D eigenvalue weighted by Gasteiger charge is 2.68. The van der Waals surface area contributed by atoms with Crippen LogP contribution in [0.4, 0.5) is 0 Å². The number of phenols is 1. The predicted molar refractivity (Wildman–Crippen MR) is 134 cm³/mol. The largest absolute Gasteiger partial charge is 0.504 e. The molecule has 0 bridgehead atoms. The highest BCUT2D eigenvalue weighted by Crippen LogP contribution is 2.75. The SMILES string of the molecule is COc1cc2c([nH]c3c4c(c(C)cc32)OC(C)(C)C=C4)c([C@]2(C)CC[C@@]3(C(C)C)C[C@H]32)c1O. The van der Waals surface area contributed by atoms with E-state index in [2.05, 4.69) is 64.7 Å². The van der Waals surface area contributed by atoms with Gasteiger partial charge in [0.25, 0.3) is 0 Å². The van der Waals surface area contributed by atoms with Crippen LogP contribution in [0.5, 0.6) is 17.2 Å². The summed E-state index contributed by atoms with van der Waals surface area (Å²) in [5.74, 6) is 3.05. The molecular weight excluding hydrogens is 410 g/mol. The Bertz CT molecular complexity index is 1360. The molecule has 174 valence electrons. The average Bonchev–Trinajstić information content (AvgIpc) is 3.32. The Labute approximate surface area is 196 Å². The van der Waals surface area contributed by atoms with Crippen molar-refractivity contribution >= 4 is 27.9 Å². The molecule has 2 aliphatic carbocycles. The first-order chi connectivity index (χ1) is 15.5. The number of aromatic hydroxyl groups is 1. The fraction of sp³-hybridized carbons (Fsp3) is 0.517. The van der Waals surface area contributed by atoms with Crippen molar-refractivity contribution in [3.8, 4) is 17.2 Å². The molecule has 3 aromatic rings. The van der Waals surface area contributed by atoms with Gasteiger partial charge in [0.1, 0.15) is 11.4 Å². The summed E-state index contributed by atoms with van der Waals surface area (Å²) in [4.78, 5) is 3.76. The second-order valence-corrected chi connectivity index (χ2v) is 11.8. The van der Waals surface area contributed by atoms with Crippen molar-refractivity contribution in [3.63, 3.8) is 0 Å². The van der Waals surface area contributed by atoms with E-state index in [0.29, 0.717) is 28.7 Å². The fourth-order valence-corrected chi connectivity index (χ4v) is 7.22. The molecular formula is C29H35NO3. The normalized spacial score (nSPS) is 29.4. The van der Waals surface area contributed by atoms with Gasteiger partial charge in [-0.15, -0.1) is 0 Å². The van der Waals surface area contributed by atoms with Crippen LogP contribution in [0, 0.1) is 24.2 Å². The van der Waals surface area contributed by atoms with Crippen LogP contribution in [0.25, 0.3) is 27.9 Å². The maximum absolute atomic E-state index is 11.5. The lowest BCUT2D eigenvalue weighted by atomic mass is 9.76. The smallest absolute Gasteiger partial charge is 0.163 e. The molecule has 6 rings (SSSR count). The zero-order chi connectivity index (χ0) is 23.5. The minimum Gasteiger partial charge on any atom is -0.504 e. The number of benzene rings is 2. The van der Waals surface area contributed by atoms with Gasteiger partial charge < -0.3 is 19.6 Å². The third kappa shape index (κ3) is 2.58. The zero-order valence-electron chi connectivity index (χ0n) is 20.8. The minimum absolute atomic E-state index is 0.0779. The van der Waals surface area contributed by atoms with Gasteiger partial charge in [0, 0.05) is 27.3 Å². The Morgan fingerprint density at radius 2 is 1.85 bits per heavy atom. The minimum atomic E-state index is -0.326. The maximum Gasteiger partial charge on any atom is 0.163 e. The lowest BCUT2D eigenvalue weighted by molar-refractivity contribution is 0.158. The van der Waals surface area contributed by atoms with Gasteiger partial charge in [-0.1, -0.05) is 20.8 Å². The molecule has 2 aromatic carbocycles. The number of fused-ring (bicyclic) bond motifs is 6. The lowest BCUT2D eigenvalue weighted by Gasteiger charge is -2.29. The molecule has 3 aliphatic rings. The van der Waals surface area contributed by atoms with Gasteiger partial charge in [0.2, 0.25) is 0 Å². The summed E-state index contributed by atoms with van der Waals surface area (Å²) in [5, 5.41) is 13.7. The molecule has 33 heavy (non-hydrogen) atoms. The van der Waals surface area contributed by atoms with Gasteiger partial charge in [-0.2, -0.15) is 0 Å². The number of ether oxygens (including phenoxy) is 2. The summed E-state index contributed by atoms with van der Waals surface area (Å²) < 4.78 is 12.1. The summed E-state index contributed by atoms with van der Waals surface area (Å²) >= 11 is 0. The van der Waals surface area contributed by atoms with Crippen LogP contribution in [0.3, 0.4) is 0 Å².